The highest BCUT2D eigenvalue weighted by atomic mass is 16.6. The van der Waals surface area contributed by atoms with Gasteiger partial charge in [-0.3, -0.25) is 19.6 Å². The highest BCUT2D eigenvalue weighted by molar-refractivity contribution is 5.76. The van der Waals surface area contributed by atoms with Crippen LogP contribution in [0.25, 0.3) is 0 Å². The van der Waals surface area contributed by atoms with E-state index in [1.165, 1.54) is 10.9 Å². The van der Waals surface area contributed by atoms with E-state index < -0.39 is 11.0 Å². The maximum absolute atomic E-state index is 12.1. The monoisotopic (exact) mass is 268 g/mol. The number of amides is 1. The summed E-state index contributed by atoms with van der Waals surface area (Å²) in [4.78, 5) is 23.7. The molecule has 104 valence electrons. The van der Waals surface area contributed by atoms with Crippen LogP contribution >= 0.6 is 0 Å². The summed E-state index contributed by atoms with van der Waals surface area (Å²) in [7, 11) is 0. The molecule has 8 heteroatoms. The number of carbonyl (C=O) groups excluding carboxylic acids is 1. The summed E-state index contributed by atoms with van der Waals surface area (Å²) < 4.78 is 1.24. The van der Waals surface area contributed by atoms with Gasteiger partial charge in [-0.2, -0.15) is 5.10 Å². The van der Waals surface area contributed by atoms with Crippen LogP contribution in [0.1, 0.15) is 19.8 Å². The number of piperidine rings is 1. The Morgan fingerprint density at radius 3 is 3.05 bits per heavy atom. The summed E-state index contributed by atoms with van der Waals surface area (Å²) in [5.41, 5.74) is -0.139. The number of likely N-dealkylation sites (tertiary alicyclic amines) is 1. The molecule has 0 radical (unpaired) electrons. The fraction of sp³-hybridized carbons (Fsp3) is 0.636. The van der Waals surface area contributed by atoms with Gasteiger partial charge in [0.05, 0.1) is 17.1 Å². The number of hydrogen-bond donors (Lipinski definition) is 1. The topological polar surface area (TPSA) is 102 Å². The molecule has 0 aromatic carbocycles. The lowest BCUT2D eigenvalue weighted by Gasteiger charge is -2.36. The lowest BCUT2D eigenvalue weighted by Crippen LogP contribution is -2.50. The van der Waals surface area contributed by atoms with E-state index in [-0.39, 0.29) is 24.2 Å². The third kappa shape index (κ3) is 2.90. The molecule has 0 bridgehead atoms. The molecule has 8 nitrogen and oxygen atoms in total. The molecule has 1 N–H and O–H groups in total. The van der Waals surface area contributed by atoms with Gasteiger partial charge in [-0.25, -0.2) is 0 Å². The number of aliphatic hydroxyl groups excluding tert-OH is 1. The molecule has 2 atom stereocenters. The van der Waals surface area contributed by atoms with Crippen molar-refractivity contribution in [3.63, 3.8) is 0 Å². The van der Waals surface area contributed by atoms with Gasteiger partial charge in [-0.1, -0.05) is 0 Å². The van der Waals surface area contributed by atoms with Crippen LogP contribution in [0.15, 0.2) is 12.4 Å². The Hall–Kier alpha value is -1.96. The molecule has 2 rings (SSSR count). The molecule has 0 aliphatic carbocycles. The van der Waals surface area contributed by atoms with Crippen molar-refractivity contribution in [2.75, 3.05) is 6.54 Å². The van der Waals surface area contributed by atoms with Crippen molar-refractivity contribution in [2.45, 2.75) is 38.5 Å². The lowest BCUT2D eigenvalue weighted by molar-refractivity contribution is -0.385. The van der Waals surface area contributed by atoms with Gasteiger partial charge in [0.2, 0.25) is 5.91 Å². The minimum absolute atomic E-state index is 0.0507. The van der Waals surface area contributed by atoms with Crippen LogP contribution in [-0.4, -0.2) is 49.3 Å². The Labute approximate surface area is 109 Å². The number of nitro groups is 1. The Morgan fingerprint density at radius 2 is 2.42 bits per heavy atom. The first-order valence-corrected chi connectivity index (χ1v) is 6.13. The van der Waals surface area contributed by atoms with Crippen molar-refractivity contribution >= 4 is 11.6 Å². The molecule has 1 amide bonds. The van der Waals surface area contributed by atoms with Gasteiger partial charge in [0.15, 0.2) is 0 Å². The van der Waals surface area contributed by atoms with E-state index in [4.69, 9.17) is 0 Å². The van der Waals surface area contributed by atoms with Crippen LogP contribution in [0.5, 0.6) is 0 Å². The van der Waals surface area contributed by atoms with E-state index in [0.717, 1.165) is 12.6 Å². The molecular weight excluding hydrogens is 252 g/mol. The molecule has 1 aliphatic heterocycles. The minimum atomic E-state index is -0.554. The van der Waals surface area contributed by atoms with Crippen LogP contribution < -0.4 is 0 Å². The van der Waals surface area contributed by atoms with Crippen molar-refractivity contribution in [1.82, 2.24) is 14.7 Å². The summed E-state index contributed by atoms with van der Waals surface area (Å²) in [6.45, 7) is 2.35. The predicted octanol–water partition coefficient (Wildman–Crippen LogP) is 0.163. The molecule has 1 aliphatic rings. The maximum Gasteiger partial charge on any atom is 0.307 e. The van der Waals surface area contributed by atoms with Crippen molar-refractivity contribution in [2.24, 2.45) is 0 Å². The summed E-state index contributed by atoms with van der Waals surface area (Å²) in [6, 6.07) is -0.230. The fourth-order valence-corrected chi connectivity index (χ4v) is 2.24. The van der Waals surface area contributed by atoms with Crippen molar-refractivity contribution < 1.29 is 14.8 Å². The number of nitrogens with zero attached hydrogens (tertiary/aromatic N) is 4. The first kappa shape index (κ1) is 13.5. The molecular formula is C11H16N4O4. The first-order valence-electron chi connectivity index (χ1n) is 6.13. The second kappa shape index (κ2) is 5.35. The van der Waals surface area contributed by atoms with Gasteiger partial charge in [0, 0.05) is 6.54 Å². The normalized spacial score (nSPS) is 23.4. The minimum Gasteiger partial charge on any atom is -0.391 e. The zero-order valence-electron chi connectivity index (χ0n) is 10.6. The van der Waals surface area contributed by atoms with Gasteiger partial charge < -0.3 is 10.0 Å². The Kier molecular flexibility index (Phi) is 3.79. The Bertz CT molecular complexity index is 487. The van der Waals surface area contributed by atoms with Crippen LogP contribution in [-0.2, 0) is 11.3 Å². The average Bonchev–Trinajstić information content (AvgIpc) is 2.81. The van der Waals surface area contributed by atoms with Gasteiger partial charge in [0.1, 0.15) is 18.9 Å². The standard InChI is InChI=1S/C11H16N4O4/c1-8-10(16)3-2-4-14(8)11(17)7-13-6-9(5-12-13)15(18)19/h5-6,8,10,16H,2-4,7H2,1H3/t8-,10-/m1/s1. The van der Waals surface area contributed by atoms with Crippen molar-refractivity contribution in [3.05, 3.63) is 22.5 Å². The van der Waals surface area contributed by atoms with Gasteiger partial charge >= 0.3 is 5.69 Å². The van der Waals surface area contributed by atoms with E-state index in [0.29, 0.717) is 13.0 Å². The molecule has 19 heavy (non-hydrogen) atoms. The highest BCUT2D eigenvalue weighted by Gasteiger charge is 2.29. The number of carbonyl (C=O) groups is 1. The first-order chi connectivity index (χ1) is 8.99. The Morgan fingerprint density at radius 1 is 1.68 bits per heavy atom. The second-order valence-electron chi connectivity index (χ2n) is 4.69. The van der Waals surface area contributed by atoms with Crippen LogP contribution in [0, 0.1) is 10.1 Å². The predicted molar refractivity (Wildman–Crippen MR) is 65.3 cm³/mol. The zero-order chi connectivity index (χ0) is 14.0. The summed E-state index contributed by atoms with van der Waals surface area (Å²) in [6.07, 6.45) is 3.28. The molecule has 2 heterocycles. The van der Waals surface area contributed by atoms with E-state index >= 15 is 0 Å². The lowest BCUT2D eigenvalue weighted by atomic mass is 10.0. The number of hydrogen-bond acceptors (Lipinski definition) is 5. The third-order valence-corrected chi connectivity index (χ3v) is 3.40. The molecule has 1 aromatic heterocycles. The van der Waals surface area contributed by atoms with E-state index in [9.17, 15) is 20.0 Å². The summed E-state index contributed by atoms with van der Waals surface area (Å²) in [5, 5.41) is 24.0. The molecule has 0 spiro atoms. The molecule has 1 aromatic rings. The number of rotatable bonds is 3. The van der Waals surface area contributed by atoms with Gasteiger partial charge in [-0.05, 0) is 19.8 Å². The largest absolute Gasteiger partial charge is 0.391 e. The van der Waals surface area contributed by atoms with E-state index in [1.807, 2.05) is 0 Å². The average molecular weight is 268 g/mol. The third-order valence-electron chi connectivity index (χ3n) is 3.40. The highest BCUT2D eigenvalue weighted by Crippen LogP contribution is 2.18. The van der Waals surface area contributed by atoms with E-state index in [2.05, 4.69) is 5.10 Å². The van der Waals surface area contributed by atoms with Gasteiger partial charge in [0.25, 0.3) is 0 Å². The van der Waals surface area contributed by atoms with Crippen LogP contribution in [0.2, 0.25) is 0 Å². The molecule has 0 saturated carbocycles. The quantitative estimate of drug-likeness (QED) is 0.621. The number of aromatic nitrogens is 2. The van der Waals surface area contributed by atoms with Gasteiger partial charge in [-0.15, -0.1) is 0 Å². The summed E-state index contributed by atoms with van der Waals surface area (Å²) >= 11 is 0. The zero-order valence-corrected chi connectivity index (χ0v) is 10.6. The maximum atomic E-state index is 12.1. The van der Waals surface area contributed by atoms with Crippen LogP contribution in [0.3, 0.4) is 0 Å². The number of aliphatic hydroxyl groups is 1. The molecule has 1 saturated heterocycles. The van der Waals surface area contributed by atoms with Crippen molar-refractivity contribution in [1.29, 1.82) is 0 Å². The van der Waals surface area contributed by atoms with E-state index in [1.54, 1.807) is 11.8 Å². The second-order valence-corrected chi connectivity index (χ2v) is 4.69. The molecule has 0 unspecified atom stereocenters. The SMILES string of the molecule is C[C@@H]1[C@H](O)CCCN1C(=O)Cn1cc([N+](=O)[O-])cn1. The van der Waals surface area contributed by atoms with Crippen LogP contribution in [0.4, 0.5) is 5.69 Å². The Balaban J connectivity index is 2.01. The fourth-order valence-electron chi connectivity index (χ4n) is 2.24. The smallest absolute Gasteiger partial charge is 0.307 e. The molecule has 1 fully saturated rings. The van der Waals surface area contributed by atoms with Crippen molar-refractivity contribution in [3.8, 4) is 0 Å². The summed E-state index contributed by atoms with van der Waals surface area (Å²) in [5.74, 6) is -0.191.